The van der Waals surface area contributed by atoms with Gasteiger partial charge in [0.05, 0.1) is 13.2 Å². The van der Waals surface area contributed by atoms with E-state index in [1.54, 1.807) is 0 Å². The van der Waals surface area contributed by atoms with Crippen LogP contribution in [0.2, 0.25) is 0 Å². The Morgan fingerprint density at radius 1 is 1.25 bits per heavy atom. The van der Waals surface area contributed by atoms with Gasteiger partial charge in [-0.05, 0) is 12.1 Å². The molecule has 1 heterocycles. The molecule has 4 heteroatoms. The van der Waals surface area contributed by atoms with E-state index in [4.69, 9.17) is 9.47 Å². The van der Waals surface area contributed by atoms with E-state index in [1.165, 1.54) is 6.42 Å². The molecule has 0 amide bonds. The first kappa shape index (κ1) is 16.8. The maximum Gasteiger partial charge on any atom is 0.121 e. The first-order valence-electron chi connectivity index (χ1n) is 7.50. The monoisotopic (exact) mass is 280 g/mol. The molecule has 0 saturated carbocycles. The van der Waals surface area contributed by atoms with Gasteiger partial charge >= 0.3 is 0 Å². The molecule has 1 saturated heterocycles. The van der Waals surface area contributed by atoms with Gasteiger partial charge in [0.2, 0.25) is 0 Å². The maximum absolute atomic E-state index is 5.73. The predicted octanol–water partition coefficient (Wildman–Crippen LogP) is 2.86. The van der Waals surface area contributed by atoms with Crippen molar-refractivity contribution in [2.75, 3.05) is 51.8 Å². The van der Waals surface area contributed by atoms with E-state index < -0.39 is 0 Å². The van der Waals surface area contributed by atoms with E-state index in [2.05, 4.69) is 24.1 Å². The van der Waals surface area contributed by atoms with Gasteiger partial charge < -0.3 is 14.8 Å². The molecule has 4 nitrogen and oxygen atoms in total. The third-order valence-corrected chi connectivity index (χ3v) is 2.90. The molecule has 1 aliphatic rings. The number of benzene rings is 1. The summed E-state index contributed by atoms with van der Waals surface area (Å²) in [5.74, 6) is 0.921. The molecule has 0 aromatic heterocycles. The number of hydrogen-bond donors (Lipinski definition) is 1. The molecule has 114 valence electrons. The van der Waals surface area contributed by atoms with Crippen molar-refractivity contribution in [3.8, 4) is 5.75 Å². The molecule has 2 rings (SSSR count). The number of nitrogens with zero attached hydrogens (tertiary/aromatic N) is 1. The highest BCUT2D eigenvalue weighted by molar-refractivity contribution is 5.47. The fourth-order valence-electron chi connectivity index (χ4n) is 1.86. The average molecular weight is 280 g/mol. The fourth-order valence-corrected chi connectivity index (χ4v) is 1.86. The van der Waals surface area contributed by atoms with E-state index >= 15 is 0 Å². The molecule has 1 aliphatic heterocycles. The molecule has 0 unspecified atom stereocenters. The van der Waals surface area contributed by atoms with Gasteiger partial charge in [0, 0.05) is 38.4 Å². The summed E-state index contributed by atoms with van der Waals surface area (Å²) in [6, 6.07) is 8.02. The highest BCUT2D eigenvalue weighted by atomic mass is 16.5. The lowest BCUT2D eigenvalue weighted by atomic mass is 10.3. The van der Waals surface area contributed by atoms with Crippen molar-refractivity contribution in [1.29, 1.82) is 0 Å². The molecule has 0 aliphatic carbocycles. The van der Waals surface area contributed by atoms with E-state index in [0.29, 0.717) is 0 Å². The second-order valence-corrected chi connectivity index (χ2v) is 4.79. The minimum atomic E-state index is 0.729. The highest BCUT2D eigenvalue weighted by Crippen LogP contribution is 2.16. The van der Waals surface area contributed by atoms with Crippen LogP contribution in [0.15, 0.2) is 24.3 Å². The zero-order valence-corrected chi connectivity index (χ0v) is 13.0. The lowest BCUT2D eigenvalue weighted by Gasteiger charge is -2.26. The van der Waals surface area contributed by atoms with Gasteiger partial charge in [-0.1, -0.05) is 26.3 Å². The quantitative estimate of drug-likeness (QED) is 0.899. The number of hydrogen-bond acceptors (Lipinski definition) is 4. The summed E-state index contributed by atoms with van der Waals surface area (Å²) >= 11 is 0. The SMILES string of the molecule is CCC.CNc1cccc(OCCN2CCOCC2)c1. The van der Waals surface area contributed by atoms with Crippen LogP contribution in [0.1, 0.15) is 20.3 Å². The van der Waals surface area contributed by atoms with Crippen LogP contribution < -0.4 is 10.1 Å². The number of nitrogens with one attached hydrogen (secondary N) is 1. The predicted molar refractivity (Wildman–Crippen MR) is 84.7 cm³/mol. The fraction of sp³-hybridized carbons (Fsp3) is 0.625. The van der Waals surface area contributed by atoms with Gasteiger partial charge in [-0.25, -0.2) is 0 Å². The molecule has 0 radical (unpaired) electrons. The summed E-state index contributed by atoms with van der Waals surface area (Å²) < 4.78 is 11.0. The molecule has 1 aromatic carbocycles. The molecule has 0 atom stereocenters. The number of ether oxygens (including phenoxy) is 2. The molecule has 1 aromatic rings. The van der Waals surface area contributed by atoms with Gasteiger partial charge in [0.1, 0.15) is 12.4 Å². The molecule has 1 fully saturated rings. The Morgan fingerprint density at radius 2 is 1.95 bits per heavy atom. The average Bonchev–Trinajstić information content (AvgIpc) is 2.49. The zero-order valence-electron chi connectivity index (χ0n) is 13.0. The number of anilines is 1. The van der Waals surface area contributed by atoms with Crippen LogP contribution in [0.5, 0.6) is 5.75 Å². The Balaban J connectivity index is 0.000000612. The minimum absolute atomic E-state index is 0.729. The Morgan fingerprint density at radius 3 is 2.60 bits per heavy atom. The second kappa shape index (κ2) is 10.5. The molecule has 0 bridgehead atoms. The summed E-state index contributed by atoms with van der Waals surface area (Å²) in [5, 5.41) is 3.10. The summed E-state index contributed by atoms with van der Waals surface area (Å²) in [4.78, 5) is 2.37. The van der Waals surface area contributed by atoms with Gasteiger partial charge in [-0.2, -0.15) is 0 Å². The van der Waals surface area contributed by atoms with Crippen LogP contribution >= 0.6 is 0 Å². The smallest absolute Gasteiger partial charge is 0.121 e. The molecular formula is C16H28N2O2. The van der Waals surface area contributed by atoms with Crippen molar-refractivity contribution in [3.05, 3.63) is 24.3 Å². The summed E-state index contributed by atoms with van der Waals surface area (Å²) in [7, 11) is 1.91. The molecule has 20 heavy (non-hydrogen) atoms. The van der Waals surface area contributed by atoms with Gasteiger partial charge in [-0.3, -0.25) is 4.90 Å². The second-order valence-electron chi connectivity index (χ2n) is 4.79. The topological polar surface area (TPSA) is 33.7 Å². The van der Waals surface area contributed by atoms with Gasteiger partial charge in [0.15, 0.2) is 0 Å². The number of morpholine rings is 1. The summed E-state index contributed by atoms with van der Waals surface area (Å²) in [5.41, 5.74) is 1.08. The normalized spacial score (nSPS) is 15.2. The van der Waals surface area contributed by atoms with Gasteiger partial charge in [-0.15, -0.1) is 0 Å². The van der Waals surface area contributed by atoms with Crippen LogP contribution in [0, 0.1) is 0 Å². The standard InChI is InChI=1S/C13H20N2O2.C3H8/c1-14-12-3-2-4-13(11-12)17-10-7-15-5-8-16-9-6-15;1-3-2/h2-4,11,14H,5-10H2,1H3;3H2,1-2H3. The van der Waals surface area contributed by atoms with Crippen LogP contribution in [-0.2, 0) is 4.74 Å². The lowest BCUT2D eigenvalue weighted by molar-refractivity contribution is 0.0322. The summed E-state index contributed by atoms with van der Waals surface area (Å²) in [6.07, 6.45) is 1.25. The van der Waals surface area contributed by atoms with Crippen LogP contribution in [0.25, 0.3) is 0 Å². The van der Waals surface area contributed by atoms with E-state index in [0.717, 1.165) is 50.9 Å². The van der Waals surface area contributed by atoms with Crippen molar-refractivity contribution in [2.45, 2.75) is 20.3 Å². The third-order valence-electron chi connectivity index (χ3n) is 2.90. The van der Waals surface area contributed by atoms with Crippen molar-refractivity contribution in [1.82, 2.24) is 4.90 Å². The lowest BCUT2D eigenvalue weighted by Crippen LogP contribution is -2.38. The number of rotatable bonds is 5. The summed E-state index contributed by atoms with van der Waals surface area (Å²) in [6.45, 7) is 9.66. The van der Waals surface area contributed by atoms with Crippen molar-refractivity contribution in [2.24, 2.45) is 0 Å². The van der Waals surface area contributed by atoms with Crippen LogP contribution in [-0.4, -0.2) is 51.4 Å². The third kappa shape index (κ3) is 6.78. The Labute approximate surface area is 123 Å². The van der Waals surface area contributed by atoms with Crippen LogP contribution in [0.3, 0.4) is 0 Å². The Kier molecular flexibility index (Phi) is 8.83. The first-order valence-corrected chi connectivity index (χ1v) is 7.50. The van der Waals surface area contributed by atoms with E-state index in [9.17, 15) is 0 Å². The van der Waals surface area contributed by atoms with E-state index in [-0.39, 0.29) is 0 Å². The van der Waals surface area contributed by atoms with Gasteiger partial charge in [0.25, 0.3) is 0 Å². The highest BCUT2D eigenvalue weighted by Gasteiger charge is 2.09. The zero-order chi connectivity index (χ0) is 14.6. The Hall–Kier alpha value is -1.26. The van der Waals surface area contributed by atoms with Crippen molar-refractivity contribution >= 4 is 5.69 Å². The van der Waals surface area contributed by atoms with Crippen molar-refractivity contribution in [3.63, 3.8) is 0 Å². The molecule has 0 spiro atoms. The van der Waals surface area contributed by atoms with E-state index in [1.807, 2.05) is 31.3 Å². The minimum Gasteiger partial charge on any atom is -0.492 e. The first-order chi connectivity index (χ1) is 9.80. The molecule has 1 N–H and O–H groups in total. The van der Waals surface area contributed by atoms with Crippen LogP contribution in [0.4, 0.5) is 5.69 Å². The maximum atomic E-state index is 5.73. The molecular weight excluding hydrogens is 252 g/mol. The largest absolute Gasteiger partial charge is 0.492 e. The van der Waals surface area contributed by atoms with Crippen molar-refractivity contribution < 1.29 is 9.47 Å². The Bertz CT molecular complexity index is 352.